The lowest BCUT2D eigenvalue weighted by Gasteiger charge is -2.25. The number of nitrogen functional groups attached to an aromatic ring is 1. The standard InChI is InChI=1S/C12H19NO2/c1-5-12(2,3)15-9-6-7-10(13)11(8-9)14-4/h6-8H,5,13H2,1-4H3. The average Bonchev–Trinajstić information content (AvgIpc) is 2.20. The van der Waals surface area contributed by atoms with Crippen molar-refractivity contribution in [2.24, 2.45) is 0 Å². The van der Waals surface area contributed by atoms with E-state index in [9.17, 15) is 0 Å². The Labute approximate surface area is 91.2 Å². The smallest absolute Gasteiger partial charge is 0.145 e. The summed E-state index contributed by atoms with van der Waals surface area (Å²) in [4.78, 5) is 0. The molecule has 1 rings (SSSR count). The van der Waals surface area contributed by atoms with Crippen LogP contribution in [0, 0.1) is 0 Å². The van der Waals surface area contributed by atoms with Crippen molar-refractivity contribution < 1.29 is 9.47 Å². The molecule has 3 heteroatoms. The summed E-state index contributed by atoms with van der Waals surface area (Å²) in [6, 6.07) is 5.46. The molecule has 0 unspecified atom stereocenters. The number of hydrogen-bond acceptors (Lipinski definition) is 3. The minimum Gasteiger partial charge on any atom is -0.494 e. The Morgan fingerprint density at radius 2 is 2.00 bits per heavy atom. The molecule has 15 heavy (non-hydrogen) atoms. The quantitative estimate of drug-likeness (QED) is 0.775. The molecule has 0 saturated carbocycles. The molecule has 0 aliphatic rings. The Bertz CT molecular complexity index is 334. The van der Waals surface area contributed by atoms with Crippen molar-refractivity contribution in [2.45, 2.75) is 32.8 Å². The summed E-state index contributed by atoms with van der Waals surface area (Å²) in [6.07, 6.45) is 0.944. The molecule has 0 heterocycles. The summed E-state index contributed by atoms with van der Waals surface area (Å²) in [5, 5.41) is 0. The van der Waals surface area contributed by atoms with Crippen molar-refractivity contribution in [3.8, 4) is 11.5 Å². The predicted octanol–water partition coefficient (Wildman–Crippen LogP) is 2.84. The van der Waals surface area contributed by atoms with E-state index < -0.39 is 0 Å². The van der Waals surface area contributed by atoms with Crippen molar-refractivity contribution in [2.75, 3.05) is 12.8 Å². The zero-order valence-corrected chi connectivity index (χ0v) is 9.83. The van der Waals surface area contributed by atoms with Gasteiger partial charge in [0, 0.05) is 6.07 Å². The monoisotopic (exact) mass is 209 g/mol. The van der Waals surface area contributed by atoms with E-state index in [2.05, 4.69) is 20.8 Å². The summed E-state index contributed by atoms with van der Waals surface area (Å²) < 4.78 is 10.9. The Morgan fingerprint density at radius 1 is 1.33 bits per heavy atom. The van der Waals surface area contributed by atoms with Gasteiger partial charge >= 0.3 is 0 Å². The fourth-order valence-electron chi connectivity index (χ4n) is 1.15. The van der Waals surface area contributed by atoms with Gasteiger partial charge in [-0.1, -0.05) is 6.92 Å². The zero-order valence-electron chi connectivity index (χ0n) is 9.83. The van der Waals surface area contributed by atoms with Crippen LogP contribution in [-0.2, 0) is 0 Å². The first-order valence-electron chi connectivity index (χ1n) is 5.11. The second-order valence-corrected chi connectivity index (χ2v) is 4.12. The number of ether oxygens (including phenoxy) is 2. The lowest BCUT2D eigenvalue weighted by atomic mass is 10.1. The van der Waals surface area contributed by atoms with Crippen LogP contribution in [0.1, 0.15) is 27.2 Å². The molecule has 0 saturated heterocycles. The number of anilines is 1. The van der Waals surface area contributed by atoms with Crippen molar-refractivity contribution in [3.63, 3.8) is 0 Å². The third-order valence-electron chi connectivity index (χ3n) is 2.45. The maximum Gasteiger partial charge on any atom is 0.145 e. The highest BCUT2D eigenvalue weighted by Crippen LogP contribution is 2.29. The number of rotatable bonds is 4. The van der Waals surface area contributed by atoms with Gasteiger partial charge in [-0.05, 0) is 32.4 Å². The van der Waals surface area contributed by atoms with Gasteiger partial charge in [-0.3, -0.25) is 0 Å². The molecule has 3 nitrogen and oxygen atoms in total. The molecule has 1 aromatic carbocycles. The lowest BCUT2D eigenvalue weighted by Crippen LogP contribution is -2.26. The Kier molecular flexibility index (Phi) is 3.45. The van der Waals surface area contributed by atoms with E-state index in [1.807, 2.05) is 12.1 Å². The minimum atomic E-state index is -0.166. The zero-order chi connectivity index (χ0) is 11.5. The van der Waals surface area contributed by atoms with Gasteiger partial charge in [0.2, 0.25) is 0 Å². The first kappa shape index (κ1) is 11.7. The third kappa shape index (κ3) is 3.05. The van der Waals surface area contributed by atoms with E-state index in [0.717, 1.165) is 12.2 Å². The molecule has 0 atom stereocenters. The van der Waals surface area contributed by atoms with E-state index in [1.165, 1.54) is 0 Å². The summed E-state index contributed by atoms with van der Waals surface area (Å²) in [6.45, 7) is 6.19. The SMILES string of the molecule is CCC(C)(C)Oc1ccc(N)c(OC)c1. The summed E-state index contributed by atoms with van der Waals surface area (Å²) >= 11 is 0. The first-order chi connectivity index (χ1) is 6.98. The number of hydrogen-bond donors (Lipinski definition) is 1. The van der Waals surface area contributed by atoms with Crippen LogP contribution in [0.15, 0.2) is 18.2 Å². The van der Waals surface area contributed by atoms with Crippen LogP contribution in [0.3, 0.4) is 0 Å². The predicted molar refractivity (Wildman–Crippen MR) is 62.4 cm³/mol. The number of methoxy groups -OCH3 is 1. The van der Waals surface area contributed by atoms with Crippen molar-refractivity contribution in [1.29, 1.82) is 0 Å². The average molecular weight is 209 g/mol. The van der Waals surface area contributed by atoms with Gasteiger partial charge < -0.3 is 15.2 Å². The van der Waals surface area contributed by atoms with E-state index in [1.54, 1.807) is 13.2 Å². The van der Waals surface area contributed by atoms with Gasteiger partial charge in [0.15, 0.2) is 0 Å². The fraction of sp³-hybridized carbons (Fsp3) is 0.500. The third-order valence-corrected chi connectivity index (χ3v) is 2.45. The lowest BCUT2D eigenvalue weighted by molar-refractivity contribution is 0.105. The molecule has 1 aromatic rings. The van der Waals surface area contributed by atoms with Crippen LogP contribution in [0.25, 0.3) is 0 Å². The molecule has 84 valence electrons. The van der Waals surface area contributed by atoms with E-state index in [0.29, 0.717) is 11.4 Å². The topological polar surface area (TPSA) is 44.5 Å². The normalized spacial score (nSPS) is 11.2. The highest BCUT2D eigenvalue weighted by Gasteiger charge is 2.17. The highest BCUT2D eigenvalue weighted by atomic mass is 16.5. The van der Waals surface area contributed by atoms with Gasteiger partial charge in [-0.2, -0.15) is 0 Å². The molecule has 0 fully saturated rings. The van der Waals surface area contributed by atoms with Gasteiger partial charge in [-0.15, -0.1) is 0 Å². The van der Waals surface area contributed by atoms with Crippen LogP contribution >= 0.6 is 0 Å². The molecular weight excluding hydrogens is 190 g/mol. The number of nitrogens with two attached hydrogens (primary N) is 1. The largest absolute Gasteiger partial charge is 0.494 e. The molecular formula is C12H19NO2. The molecule has 0 spiro atoms. The van der Waals surface area contributed by atoms with Gasteiger partial charge in [0.05, 0.1) is 12.8 Å². The van der Waals surface area contributed by atoms with Crippen LogP contribution in [0.5, 0.6) is 11.5 Å². The minimum absolute atomic E-state index is 0.166. The van der Waals surface area contributed by atoms with Gasteiger partial charge in [0.25, 0.3) is 0 Å². The maximum atomic E-state index is 5.81. The Hall–Kier alpha value is -1.38. The van der Waals surface area contributed by atoms with Gasteiger partial charge in [-0.25, -0.2) is 0 Å². The first-order valence-corrected chi connectivity index (χ1v) is 5.11. The van der Waals surface area contributed by atoms with Crippen LogP contribution in [-0.4, -0.2) is 12.7 Å². The van der Waals surface area contributed by atoms with E-state index in [-0.39, 0.29) is 5.60 Å². The number of benzene rings is 1. The molecule has 0 aliphatic heterocycles. The van der Waals surface area contributed by atoms with E-state index >= 15 is 0 Å². The van der Waals surface area contributed by atoms with E-state index in [4.69, 9.17) is 15.2 Å². The highest BCUT2D eigenvalue weighted by molar-refractivity contribution is 5.55. The van der Waals surface area contributed by atoms with Gasteiger partial charge in [0.1, 0.15) is 17.1 Å². The van der Waals surface area contributed by atoms with Crippen molar-refractivity contribution >= 4 is 5.69 Å². The fourth-order valence-corrected chi connectivity index (χ4v) is 1.15. The summed E-state index contributed by atoms with van der Waals surface area (Å²) in [7, 11) is 1.60. The molecule has 0 bridgehead atoms. The second-order valence-electron chi connectivity index (χ2n) is 4.12. The van der Waals surface area contributed by atoms with Crippen LogP contribution in [0.2, 0.25) is 0 Å². The maximum absolute atomic E-state index is 5.81. The second kappa shape index (κ2) is 4.43. The Balaban J connectivity index is 2.87. The molecule has 0 radical (unpaired) electrons. The van der Waals surface area contributed by atoms with Crippen molar-refractivity contribution in [3.05, 3.63) is 18.2 Å². The molecule has 2 N–H and O–H groups in total. The summed E-state index contributed by atoms with van der Waals surface area (Å²) in [5.41, 5.74) is 6.17. The summed E-state index contributed by atoms with van der Waals surface area (Å²) in [5.74, 6) is 1.44. The molecule has 0 aliphatic carbocycles. The molecule has 0 aromatic heterocycles. The molecule has 0 amide bonds. The van der Waals surface area contributed by atoms with Crippen LogP contribution in [0.4, 0.5) is 5.69 Å². The van der Waals surface area contributed by atoms with Crippen molar-refractivity contribution in [1.82, 2.24) is 0 Å². The van der Waals surface area contributed by atoms with Crippen LogP contribution < -0.4 is 15.2 Å². The Morgan fingerprint density at radius 3 is 2.53 bits per heavy atom.